The fourth-order valence-electron chi connectivity index (χ4n) is 2.14. The summed E-state index contributed by atoms with van der Waals surface area (Å²) in [6.07, 6.45) is 0.642. The van der Waals surface area contributed by atoms with Gasteiger partial charge in [-0.1, -0.05) is 19.1 Å². The summed E-state index contributed by atoms with van der Waals surface area (Å²) in [5, 5.41) is 12.1. The molecule has 1 aromatic rings. The van der Waals surface area contributed by atoms with E-state index in [2.05, 4.69) is 17.4 Å². The van der Waals surface area contributed by atoms with E-state index in [1.54, 1.807) is 14.0 Å². The average molecular weight is 265 g/mol. The maximum Gasteiger partial charge on any atom is 0.306 e. The molecule has 1 unspecified atom stereocenters. The number of hydrogen-bond acceptors (Lipinski definition) is 3. The Morgan fingerprint density at radius 3 is 2.42 bits per heavy atom. The Hall–Kier alpha value is -1.55. The normalized spacial score (nSPS) is 12.2. The molecule has 106 valence electrons. The molecule has 0 fully saturated rings. The second kappa shape index (κ2) is 7.14. The van der Waals surface area contributed by atoms with Crippen molar-refractivity contribution in [2.24, 2.45) is 5.92 Å². The van der Waals surface area contributed by atoms with Crippen LogP contribution >= 0.6 is 0 Å². The maximum atomic E-state index is 10.7. The lowest BCUT2D eigenvalue weighted by molar-refractivity contribution is -0.141. The molecule has 19 heavy (non-hydrogen) atoms. The van der Waals surface area contributed by atoms with Crippen molar-refractivity contribution in [3.63, 3.8) is 0 Å². The van der Waals surface area contributed by atoms with Gasteiger partial charge in [0.05, 0.1) is 13.0 Å². The van der Waals surface area contributed by atoms with Crippen molar-refractivity contribution in [2.45, 2.75) is 33.7 Å². The van der Waals surface area contributed by atoms with E-state index >= 15 is 0 Å². The van der Waals surface area contributed by atoms with E-state index in [9.17, 15) is 4.79 Å². The Kier molecular flexibility index (Phi) is 5.83. The van der Waals surface area contributed by atoms with Crippen LogP contribution in [0.3, 0.4) is 0 Å². The van der Waals surface area contributed by atoms with E-state index in [0.29, 0.717) is 13.0 Å². The Bertz CT molecular complexity index is 420. The van der Waals surface area contributed by atoms with E-state index in [1.807, 2.05) is 13.8 Å². The van der Waals surface area contributed by atoms with Gasteiger partial charge in [-0.15, -0.1) is 0 Å². The number of carboxylic acids is 1. The molecule has 2 N–H and O–H groups in total. The summed E-state index contributed by atoms with van der Waals surface area (Å²) < 4.78 is 5.33. The van der Waals surface area contributed by atoms with Gasteiger partial charge in [0, 0.05) is 6.54 Å². The summed E-state index contributed by atoms with van der Waals surface area (Å²) in [4.78, 5) is 10.7. The zero-order valence-electron chi connectivity index (χ0n) is 12.1. The minimum Gasteiger partial charge on any atom is -0.496 e. The van der Waals surface area contributed by atoms with Gasteiger partial charge >= 0.3 is 5.97 Å². The Morgan fingerprint density at radius 1 is 1.37 bits per heavy atom. The van der Waals surface area contributed by atoms with Crippen LogP contribution in [0.25, 0.3) is 0 Å². The van der Waals surface area contributed by atoms with Gasteiger partial charge in [-0.05, 0) is 43.5 Å². The lowest BCUT2D eigenvalue weighted by atomic mass is 10.1. The predicted octanol–water partition coefficient (Wildman–Crippen LogP) is 2.51. The molecule has 0 bridgehead atoms. The SMILES string of the molecule is COc1c(C)cc(CNCCC(C)C(=O)O)cc1C. The van der Waals surface area contributed by atoms with Gasteiger partial charge < -0.3 is 15.2 Å². The topological polar surface area (TPSA) is 58.6 Å². The van der Waals surface area contributed by atoms with Gasteiger partial charge in [0.15, 0.2) is 0 Å². The largest absolute Gasteiger partial charge is 0.496 e. The quantitative estimate of drug-likeness (QED) is 0.744. The molecule has 1 aromatic carbocycles. The molecule has 0 aromatic heterocycles. The fraction of sp³-hybridized carbons (Fsp3) is 0.533. The second-order valence-corrected chi connectivity index (χ2v) is 4.97. The summed E-state index contributed by atoms with van der Waals surface area (Å²) in [6.45, 7) is 7.24. The van der Waals surface area contributed by atoms with Gasteiger partial charge in [-0.2, -0.15) is 0 Å². The summed E-state index contributed by atoms with van der Waals surface area (Å²) in [5.41, 5.74) is 3.44. The molecule has 0 saturated heterocycles. The van der Waals surface area contributed by atoms with Crippen molar-refractivity contribution in [3.05, 3.63) is 28.8 Å². The number of nitrogens with one attached hydrogen (secondary N) is 1. The minimum absolute atomic E-state index is 0.299. The monoisotopic (exact) mass is 265 g/mol. The zero-order chi connectivity index (χ0) is 14.4. The standard InChI is InChI=1S/C15H23NO3/c1-10(15(17)18)5-6-16-9-13-7-11(2)14(19-4)12(3)8-13/h7-8,10,16H,5-6,9H2,1-4H3,(H,17,18). The smallest absolute Gasteiger partial charge is 0.306 e. The van der Waals surface area contributed by atoms with Crippen LogP contribution < -0.4 is 10.1 Å². The van der Waals surface area contributed by atoms with Gasteiger partial charge in [-0.25, -0.2) is 0 Å². The van der Waals surface area contributed by atoms with Gasteiger partial charge in [-0.3, -0.25) is 4.79 Å². The van der Waals surface area contributed by atoms with Crippen LogP contribution in [0.15, 0.2) is 12.1 Å². The number of benzene rings is 1. The number of carbonyl (C=O) groups is 1. The molecule has 0 radical (unpaired) electrons. The van der Waals surface area contributed by atoms with E-state index < -0.39 is 5.97 Å². The van der Waals surface area contributed by atoms with Crippen LogP contribution in [-0.4, -0.2) is 24.7 Å². The molecule has 0 amide bonds. The lowest BCUT2D eigenvalue weighted by Crippen LogP contribution is -2.20. The first kappa shape index (κ1) is 15.5. The Morgan fingerprint density at radius 2 is 1.95 bits per heavy atom. The predicted molar refractivity (Wildman–Crippen MR) is 75.6 cm³/mol. The molecule has 1 rings (SSSR count). The molecule has 0 spiro atoms. The highest BCUT2D eigenvalue weighted by Gasteiger charge is 2.10. The maximum absolute atomic E-state index is 10.7. The Balaban J connectivity index is 2.48. The number of hydrogen-bond donors (Lipinski definition) is 2. The minimum atomic E-state index is -0.738. The zero-order valence-corrected chi connectivity index (χ0v) is 12.1. The fourth-order valence-corrected chi connectivity index (χ4v) is 2.14. The van der Waals surface area contributed by atoms with E-state index in [0.717, 1.165) is 23.4 Å². The van der Waals surface area contributed by atoms with Crippen LogP contribution in [0.2, 0.25) is 0 Å². The van der Waals surface area contributed by atoms with Crippen molar-refractivity contribution < 1.29 is 14.6 Å². The molecule has 0 aliphatic rings. The molecule has 0 aliphatic heterocycles. The number of rotatable bonds is 7. The van der Waals surface area contributed by atoms with Crippen molar-refractivity contribution in [3.8, 4) is 5.75 Å². The highest BCUT2D eigenvalue weighted by atomic mass is 16.5. The van der Waals surface area contributed by atoms with Crippen LogP contribution in [-0.2, 0) is 11.3 Å². The van der Waals surface area contributed by atoms with Crippen molar-refractivity contribution >= 4 is 5.97 Å². The number of carboxylic acid groups (broad SMARTS) is 1. The van der Waals surface area contributed by atoms with Crippen LogP contribution in [0.4, 0.5) is 0 Å². The molecule has 4 heteroatoms. The third kappa shape index (κ3) is 4.56. The number of aliphatic carboxylic acids is 1. The lowest BCUT2D eigenvalue weighted by Gasteiger charge is -2.12. The highest BCUT2D eigenvalue weighted by molar-refractivity contribution is 5.69. The van der Waals surface area contributed by atoms with E-state index in [-0.39, 0.29) is 5.92 Å². The number of methoxy groups -OCH3 is 1. The molecular formula is C15H23NO3. The van der Waals surface area contributed by atoms with Gasteiger partial charge in [0.25, 0.3) is 0 Å². The summed E-state index contributed by atoms with van der Waals surface area (Å²) in [5.74, 6) is -0.104. The molecule has 0 heterocycles. The average Bonchev–Trinajstić information content (AvgIpc) is 2.34. The molecule has 4 nitrogen and oxygen atoms in total. The second-order valence-electron chi connectivity index (χ2n) is 4.97. The van der Waals surface area contributed by atoms with E-state index in [4.69, 9.17) is 9.84 Å². The first-order chi connectivity index (χ1) is 8.95. The van der Waals surface area contributed by atoms with Crippen molar-refractivity contribution in [1.82, 2.24) is 5.32 Å². The summed E-state index contributed by atoms with van der Waals surface area (Å²) in [7, 11) is 1.68. The molecular weight excluding hydrogens is 242 g/mol. The summed E-state index contributed by atoms with van der Waals surface area (Å²) >= 11 is 0. The Labute approximate surface area is 114 Å². The van der Waals surface area contributed by atoms with Gasteiger partial charge in [0.1, 0.15) is 5.75 Å². The molecule has 1 atom stereocenters. The van der Waals surface area contributed by atoms with Crippen LogP contribution in [0.5, 0.6) is 5.75 Å². The van der Waals surface area contributed by atoms with Crippen molar-refractivity contribution in [1.29, 1.82) is 0 Å². The third-order valence-corrected chi connectivity index (χ3v) is 3.23. The number of ether oxygens (including phenoxy) is 1. The first-order valence-corrected chi connectivity index (χ1v) is 6.53. The van der Waals surface area contributed by atoms with Crippen LogP contribution in [0.1, 0.15) is 30.0 Å². The number of aryl methyl sites for hydroxylation is 2. The van der Waals surface area contributed by atoms with E-state index in [1.165, 1.54) is 5.56 Å². The molecule has 0 saturated carbocycles. The highest BCUT2D eigenvalue weighted by Crippen LogP contribution is 2.24. The first-order valence-electron chi connectivity index (χ1n) is 6.53. The third-order valence-electron chi connectivity index (χ3n) is 3.23. The molecule has 0 aliphatic carbocycles. The summed E-state index contributed by atoms with van der Waals surface area (Å²) in [6, 6.07) is 4.19. The van der Waals surface area contributed by atoms with Gasteiger partial charge in [0.2, 0.25) is 0 Å². The van der Waals surface area contributed by atoms with Crippen molar-refractivity contribution in [2.75, 3.05) is 13.7 Å². The van der Waals surface area contributed by atoms with Crippen LogP contribution in [0, 0.1) is 19.8 Å².